The van der Waals surface area contributed by atoms with Gasteiger partial charge in [-0.3, -0.25) is 0 Å². The topological polar surface area (TPSA) is 169 Å². The quantitative estimate of drug-likeness (QED) is 0.136. The fourth-order valence-corrected chi connectivity index (χ4v) is 6.93. The van der Waals surface area contributed by atoms with Crippen molar-refractivity contribution in [3.05, 3.63) is 83.4 Å². The number of carbonyl (C=O) groups is 1. The van der Waals surface area contributed by atoms with Crippen LogP contribution < -0.4 is 19.7 Å². The molecular weight excluding hydrogens is 706 g/mol. The number of aryl methyl sites for hydroxylation is 1. The summed E-state index contributed by atoms with van der Waals surface area (Å²) in [6.45, 7) is 16.2. The van der Waals surface area contributed by atoms with E-state index >= 15 is 0 Å². The van der Waals surface area contributed by atoms with Gasteiger partial charge < -0.3 is 24.8 Å². The zero-order valence-corrected chi connectivity index (χ0v) is 32.1. The lowest BCUT2D eigenvalue weighted by molar-refractivity contribution is 0.0696. The predicted octanol–water partition coefficient (Wildman–Crippen LogP) is 6.10. The van der Waals surface area contributed by atoms with E-state index in [-0.39, 0.29) is 58.7 Å². The highest BCUT2D eigenvalue weighted by Crippen LogP contribution is 2.33. The highest BCUT2D eigenvalue weighted by Gasteiger charge is 2.23. The Kier molecular flexibility index (Phi) is 13.5. The van der Waals surface area contributed by atoms with Crippen molar-refractivity contribution in [2.45, 2.75) is 71.4 Å². The molecule has 1 atom stereocenters. The van der Waals surface area contributed by atoms with Crippen LogP contribution >= 0.6 is 12.4 Å². The second-order valence-corrected chi connectivity index (χ2v) is 15.8. The van der Waals surface area contributed by atoms with Crippen LogP contribution in [0.1, 0.15) is 74.3 Å². The van der Waals surface area contributed by atoms with Gasteiger partial charge in [0.25, 0.3) is 10.0 Å². The number of aromatic nitrogens is 4. The number of anilines is 2. The molecule has 0 amide bonds. The van der Waals surface area contributed by atoms with Gasteiger partial charge in [-0.2, -0.15) is 4.98 Å². The smallest absolute Gasteiger partial charge is 0.335 e. The second-order valence-electron chi connectivity index (χ2n) is 14.2. The average molecular weight is 754 g/mol. The molecule has 2 aromatic carbocycles. The van der Waals surface area contributed by atoms with Crippen molar-refractivity contribution < 1.29 is 27.8 Å². The SMILES string of the molecule is Cc1cccc(C(C)C)c1-c1cc(OC[C@@H](CC(C)(C)C)NCc2ncc(N3CCOCC3)cn2)nc(NS(=O)(=O)c2cccc(C(=O)O)c2)n1.Cl. The molecule has 4 aromatic rings. The van der Waals surface area contributed by atoms with E-state index in [0.717, 1.165) is 48.0 Å². The lowest BCUT2D eigenvalue weighted by atomic mass is 9.88. The molecule has 3 heterocycles. The van der Waals surface area contributed by atoms with Gasteiger partial charge in [-0.25, -0.2) is 32.9 Å². The first-order chi connectivity index (χ1) is 24.2. The average Bonchev–Trinajstić information content (AvgIpc) is 3.09. The minimum Gasteiger partial charge on any atom is -0.478 e. The van der Waals surface area contributed by atoms with Crippen molar-refractivity contribution in [2.24, 2.45) is 5.41 Å². The Labute approximate surface area is 312 Å². The van der Waals surface area contributed by atoms with Gasteiger partial charge in [0.05, 0.1) is 54.0 Å². The number of benzene rings is 2. The number of hydrogen-bond donors (Lipinski definition) is 3. The number of morpholine rings is 1. The third kappa shape index (κ3) is 10.8. The van der Waals surface area contributed by atoms with Crippen molar-refractivity contribution in [3.63, 3.8) is 0 Å². The molecule has 2 aromatic heterocycles. The Morgan fingerprint density at radius 3 is 2.38 bits per heavy atom. The summed E-state index contributed by atoms with van der Waals surface area (Å²) in [5, 5.41) is 13.0. The van der Waals surface area contributed by atoms with E-state index in [0.29, 0.717) is 31.3 Å². The highest BCUT2D eigenvalue weighted by molar-refractivity contribution is 7.92. The maximum Gasteiger partial charge on any atom is 0.335 e. The monoisotopic (exact) mass is 753 g/mol. The minimum atomic E-state index is -4.26. The molecule has 0 spiro atoms. The maximum absolute atomic E-state index is 13.5. The first kappa shape index (κ1) is 40.4. The van der Waals surface area contributed by atoms with Gasteiger partial charge >= 0.3 is 5.97 Å². The van der Waals surface area contributed by atoms with Crippen LogP contribution in [0.15, 0.2) is 65.8 Å². The number of nitrogens with one attached hydrogen (secondary N) is 2. The third-order valence-corrected chi connectivity index (χ3v) is 9.74. The molecule has 52 heavy (non-hydrogen) atoms. The summed E-state index contributed by atoms with van der Waals surface area (Å²) in [5.74, 6) is -0.447. The van der Waals surface area contributed by atoms with Crippen molar-refractivity contribution in [3.8, 4) is 17.1 Å². The van der Waals surface area contributed by atoms with Crippen molar-refractivity contribution >= 4 is 40.0 Å². The number of nitrogens with zero attached hydrogens (tertiary/aromatic N) is 5. The van der Waals surface area contributed by atoms with Crippen LogP contribution in [0.25, 0.3) is 11.3 Å². The molecule has 1 aliphatic heterocycles. The summed E-state index contributed by atoms with van der Waals surface area (Å²) in [7, 11) is -4.26. The van der Waals surface area contributed by atoms with Gasteiger partial charge in [0.15, 0.2) is 0 Å². The Bertz CT molecular complexity index is 1930. The first-order valence-electron chi connectivity index (χ1n) is 17.0. The number of rotatable bonds is 14. The molecule has 0 aliphatic carbocycles. The predicted molar refractivity (Wildman–Crippen MR) is 203 cm³/mol. The Morgan fingerprint density at radius 1 is 1.04 bits per heavy atom. The lowest BCUT2D eigenvalue weighted by Gasteiger charge is -2.28. The molecule has 1 saturated heterocycles. The largest absolute Gasteiger partial charge is 0.478 e. The molecule has 1 aliphatic rings. The van der Waals surface area contributed by atoms with E-state index in [2.05, 4.69) is 69.5 Å². The normalized spacial score (nSPS) is 14.1. The minimum absolute atomic E-state index is 0. The van der Waals surface area contributed by atoms with Gasteiger partial charge in [-0.05, 0) is 54.0 Å². The molecule has 0 radical (unpaired) electrons. The molecule has 0 bridgehead atoms. The van der Waals surface area contributed by atoms with Gasteiger partial charge in [0.2, 0.25) is 11.8 Å². The highest BCUT2D eigenvalue weighted by atomic mass is 35.5. The van der Waals surface area contributed by atoms with E-state index in [4.69, 9.17) is 9.47 Å². The first-order valence-corrected chi connectivity index (χ1v) is 18.5. The van der Waals surface area contributed by atoms with Gasteiger partial charge in [0.1, 0.15) is 12.4 Å². The Hall–Kier alpha value is -4.37. The molecule has 0 unspecified atom stereocenters. The van der Waals surface area contributed by atoms with Crippen molar-refractivity contribution in [2.75, 3.05) is 42.5 Å². The molecule has 13 nitrogen and oxygen atoms in total. The van der Waals surface area contributed by atoms with Gasteiger partial charge in [0, 0.05) is 30.8 Å². The zero-order chi connectivity index (χ0) is 36.8. The number of ether oxygens (including phenoxy) is 2. The molecule has 15 heteroatoms. The number of aromatic carboxylic acids is 1. The molecular formula is C37H48ClN7O6S. The van der Waals surface area contributed by atoms with Crippen molar-refractivity contribution in [1.82, 2.24) is 25.3 Å². The second kappa shape index (κ2) is 17.4. The lowest BCUT2D eigenvalue weighted by Crippen LogP contribution is -2.38. The van der Waals surface area contributed by atoms with Crippen LogP contribution in [-0.2, 0) is 21.3 Å². The molecule has 1 fully saturated rings. The molecule has 3 N–H and O–H groups in total. The summed E-state index contributed by atoms with van der Waals surface area (Å²) < 4.78 is 41.2. The van der Waals surface area contributed by atoms with Crippen LogP contribution in [0.3, 0.4) is 0 Å². The van der Waals surface area contributed by atoms with Crippen LogP contribution in [-0.4, -0.2) is 78.4 Å². The fourth-order valence-electron chi connectivity index (χ4n) is 5.94. The van der Waals surface area contributed by atoms with E-state index in [1.54, 1.807) is 6.07 Å². The summed E-state index contributed by atoms with van der Waals surface area (Å²) in [5.41, 5.74) is 4.11. The summed E-state index contributed by atoms with van der Waals surface area (Å²) in [6.07, 6.45) is 4.43. The van der Waals surface area contributed by atoms with Gasteiger partial charge in [-0.15, -0.1) is 12.4 Å². The van der Waals surface area contributed by atoms with Crippen molar-refractivity contribution in [1.29, 1.82) is 0 Å². The van der Waals surface area contributed by atoms with E-state index < -0.39 is 16.0 Å². The van der Waals surface area contributed by atoms with Crippen LogP contribution in [0.4, 0.5) is 11.6 Å². The Morgan fingerprint density at radius 2 is 1.73 bits per heavy atom. The summed E-state index contributed by atoms with van der Waals surface area (Å²) >= 11 is 0. The Balaban J connectivity index is 0.00000605. The van der Waals surface area contributed by atoms with Crippen LogP contribution in [0.5, 0.6) is 5.88 Å². The molecule has 5 rings (SSSR count). The van der Waals surface area contributed by atoms with E-state index in [1.807, 2.05) is 37.5 Å². The third-order valence-electron chi connectivity index (χ3n) is 8.41. The summed E-state index contributed by atoms with van der Waals surface area (Å²) in [6, 6.07) is 12.7. The molecule has 280 valence electrons. The van der Waals surface area contributed by atoms with E-state index in [1.165, 1.54) is 18.2 Å². The number of hydrogen-bond acceptors (Lipinski definition) is 11. The number of sulfonamides is 1. The fraction of sp³-hybridized carbons (Fsp3) is 0.432. The number of halogens is 1. The van der Waals surface area contributed by atoms with Crippen LogP contribution in [0, 0.1) is 12.3 Å². The van der Waals surface area contributed by atoms with E-state index in [9.17, 15) is 18.3 Å². The maximum atomic E-state index is 13.5. The number of carboxylic acids is 1. The van der Waals surface area contributed by atoms with Gasteiger partial charge in [-0.1, -0.05) is 58.9 Å². The molecule has 0 saturated carbocycles. The summed E-state index contributed by atoms with van der Waals surface area (Å²) in [4.78, 5) is 31.8. The standard InChI is InChI=1S/C37H47N7O6S.ClH/c1-24(2)30-12-7-9-25(3)34(30)31-18-33(42-36(41-31)43-51(47,48)29-11-8-10-26(17-29)35(45)46)50-23-27(19-37(4,5)6)38-22-32-39-20-28(21-40-32)44-13-15-49-16-14-44;/h7-12,17-18,20-21,24,27,38H,13-16,19,22-23H2,1-6H3,(H,45,46)(H,41,42,43);1H/t27-;/m1./s1. The zero-order valence-electron chi connectivity index (χ0n) is 30.4. The van der Waals surface area contributed by atoms with Crippen LogP contribution in [0.2, 0.25) is 0 Å². The number of carboxylic acid groups (broad SMARTS) is 1.